The van der Waals surface area contributed by atoms with Gasteiger partial charge in [-0.2, -0.15) is 0 Å². The Morgan fingerprint density at radius 1 is 1.33 bits per heavy atom. The molecule has 0 amide bonds. The molecule has 1 aliphatic heterocycles. The smallest absolute Gasteiger partial charge is 0.0642 e. The van der Waals surface area contributed by atoms with Crippen LogP contribution in [0.5, 0.6) is 0 Å². The molecule has 1 aromatic rings. The van der Waals surface area contributed by atoms with Crippen LogP contribution in [0.25, 0.3) is 0 Å². The van der Waals surface area contributed by atoms with E-state index in [2.05, 4.69) is 41.4 Å². The summed E-state index contributed by atoms with van der Waals surface area (Å²) in [6.07, 6.45) is 0. The van der Waals surface area contributed by atoms with Gasteiger partial charge in [-0.25, -0.2) is 0 Å². The predicted molar refractivity (Wildman–Crippen MR) is 63.6 cm³/mol. The second-order valence-electron chi connectivity index (χ2n) is 3.68. The zero-order valence-corrected chi connectivity index (χ0v) is 9.20. The first-order valence-electron chi connectivity index (χ1n) is 5.57. The predicted octanol–water partition coefficient (Wildman–Crippen LogP) is 1.95. The monoisotopic (exact) mass is 206 g/mol. The van der Waals surface area contributed by atoms with Crippen molar-refractivity contribution in [1.29, 1.82) is 0 Å². The highest BCUT2D eigenvalue weighted by Gasteiger charge is 2.10. The Labute approximate surface area is 91.0 Å². The van der Waals surface area contributed by atoms with Crippen molar-refractivity contribution in [1.82, 2.24) is 0 Å². The molecule has 2 rings (SSSR count). The minimum absolute atomic E-state index is 0.839. The summed E-state index contributed by atoms with van der Waals surface area (Å²) in [5.74, 6) is 0. The first kappa shape index (κ1) is 10.3. The number of nitrogens with one attached hydrogen (secondary N) is 1. The fraction of sp³-hybridized carbons (Fsp3) is 0.500. The zero-order chi connectivity index (χ0) is 10.5. The van der Waals surface area contributed by atoms with Gasteiger partial charge in [0, 0.05) is 31.0 Å². The molecule has 3 heteroatoms. The Bertz CT molecular complexity index is 308. The standard InChI is InChI=1S/C12H18N2O/c1-2-13-11-4-3-5-12(10-11)14-6-8-15-9-7-14/h3-5,10,13H,2,6-9H2,1H3. The highest BCUT2D eigenvalue weighted by molar-refractivity contribution is 5.58. The van der Waals surface area contributed by atoms with Crippen LogP contribution in [0.1, 0.15) is 6.92 Å². The van der Waals surface area contributed by atoms with E-state index in [4.69, 9.17) is 4.74 Å². The Balaban J connectivity index is 2.09. The van der Waals surface area contributed by atoms with Gasteiger partial charge >= 0.3 is 0 Å². The van der Waals surface area contributed by atoms with Gasteiger partial charge < -0.3 is 15.0 Å². The number of morpholine rings is 1. The lowest BCUT2D eigenvalue weighted by Crippen LogP contribution is -2.36. The van der Waals surface area contributed by atoms with Gasteiger partial charge in [0.25, 0.3) is 0 Å². The SMILES string of the molecule is CCNc1cccc(N2CCOCC2)c1. The summed E-state index contributed by atoms with van der Waals surface area (Å²) in [6, 6.07) is 8.57. The number of nitrogens with zero attached hydrogens (tertiary/aromatic N) is 1. The van der Waals surface area contributed by atoms with Gasteiger partial charge in [-0.05, 0) is 25.1 Å². The van der Waals surface area contributed by atoms with Gasteiger partial charge in [-0.3, -0.25) is 0 Å². The molecule has 3 nitrogen and oxygen atoms in total. The third-order valence-electron chi connectivity index (χ3n) is 2.60. The van der Waals surface area contributed by atoms with Crippen molar-refractivity contribution >= 4 is 11.4 Å². The largest absolute Gasteiger partial charge is 0.385 e. The van der Waals surface area contributed by atoms with E-state index in [0.29, 0.717) is 0 Å². The second-order valence-corrected chi connectivity index (χ2v) is 3.68. The Morgan fingerprint density at radius 3 is 2.87 bits per heavy atom. The van der Waals surface area contributed by atoms with Gasteiger partial charge in [0.05, 0.1) is 13.2 Å². The number of hydrogen-bond donors (Lipinski definition) is 1. The minimum atomic E-state index is 0.839. The summed E-state index contributed by atoms with van der Waals surface area (Å²) in [4.78, 5) is 2.37. The van der Waals surface area contributed by atoms with E-state index in [1.165, 1.54) is 11.4 Å². The highest BCUT2D eigenvalue weighted by Crippen LogP contribution is 2.20. The molecule has 1 N–H and O–H groups in total. The molecule has 0 bridgehead atoms. The van der Waals surface area contributed by atoms with Crippen molar-refractivity contribution in [2.24, 2.45) is 0 Å². The molecule has 1 fully saturated rings. The lowest BCUT2D eigenvalue weighted by Gasteiger charge is -2.29. The molecular weight excluding hydrogens is 188 g/mol. The molecular formula is C12H18N2O. The molecule has 0 spiro atoms. The maximum absolute atomic E-state index is 5.34. The molecule has 0 saturated carbocycles. The molecule has 1 saturated heterocycles. The number of hydrogen-bond acceptors (Lipinski definition) is 3. The molecule has 1 aliphatic rings. The summed E-state index contributed by atoms with van der Waals surface area (Å²) in [5.41, 5.74) is 2.48. The molecule has 0 atom stereocenters. The van der Waals surface area contributed by atoms with Gasteiger partial charge in [0.2, 0.25) is 0 Å². The van der Waals surface area contributed by atoms with Gasteiger partial charge in [-0.15, -0.1) is 0 Å². The van der Waals surface area contributed by atoms with Crippen molar-refractivity contribution in [3.05, 3.63) is 24.3 Å². The quantitative estimate of drug-likeness (QED) is 0.818. The van der Waals surface area contributed by atoms with Crippen molar-refractivity contribution in [2.45, 2.75) is 6.92 Å². The maximum atomic E-state index is 5.34. The van der Waals surface area contributed by atoms with E-state index in [1.54, 1.807) is 0 Å². The molecule has 0 aliphatic carbocycles. The summed E-state index contributed by atoms with van der Waals surface area (Å²) in [7, 11) is 0. The molecule has 1 heterocycles. The maximum Gasteiger partial charge on any atom is 0.0642 e. The van der Waals surface area contributed by atoms with Crippen LogP contribution in [0.3, 0.4) is 0 Å². The van der Waals surface area contributed by atoms with Crippen LogP contribution in [0.15, 0.2) is 24.3 Å². The average Bonchev–Trinajstić information content (AvgIpc) is 2.31. The van der Waals surface area contributed by atoms with Crippen LogP contribution in [0, 0.1) is 0 Å². The Kier molecular flexibility index (Phi) is 3.45. The van der Waals surface area contributed by atoms with Crippen LogP contribution in [-0.4, -0.2) is 32.8 Å². The molecule has 1 aromatic carbocycles. The number of rotatable bonds is 3. The van der Waals surface area contributed by atoms with Crippen molar-refractivity contribution < 1.29 is 4.74 Å². The van der Waals surface area contributed by atoms with Crippen LogP contribution in [-0.2, 0) is 4.74 Å². The fourth-order valence-corrected chi connectivity index (χ4v) is 1.84. The van der Waals surface area contributed by atoms with Crippen LogP contribution in [0.4, 0.5) is 11.4 Å². The van der Waals surface area contributed by atoms with Crippen LogP contribution in [0.2, 0.25) is 0 Å². The van der Waals surface area contributed by atoms with E-state index in [0.717, 1.165) is 32.8 Å². The molecule has 0 radical (unpaired) electrons. The number of ether oxygens (including phenoxy) is 1. The van der Waals surface area contributed by atoms with E-state index in [9.17, 15) is 0 Å². The van der Waals surface area contributed by atoms with Crippen LogP contribution >= 0.6 is 0 Å². The number of anilines is 2. The molecule has 0 unspecified atom stereocenters. The normalized spacial score (nSPS) is 16.5. The lowest BCUT2D eigenvalue weighted by molar-refractivity contribution is 0.122. The first-order chi connectivity index (χ1) is 7.40. The van der Waals surface area contributed by atoms with Gasteiger partial charge in [-0.1, -0.05) is 6.07 Å². The first-order valence-corrected chi connectivity index (χ1v) is 5.57. The van der Waals surface area contributed by atoms with Gasteiger partial charge in [0.1, 0.15) is 0 Å². The van der Waals surface area contributed by atoms with E-state index in [-0.39, 0.29) is 0 Å². The summed E-state index contributed by atoms with van der Waals surface area (Å²) in [5, 5.41) is 3.33. The average molecular weight is 206 g/mol. The summed E-state index contributed by atoms with van der Waals surface area (Å²) in [6.45, 7) is 6.75. The summed E-state index contributed by atoms with van der Waals surface area (Å²) < 4.78 is 5.34. The van der Waals surface area contributed by atoms with Crippen molar-refractivity contribution in [2.75, 3.05) is 43.1 Å². The third kappa shape index (κ3) is 2.63. The third-order valence-corrected chi connectivity index (χ3v) is 2.60. The van der Waals surface area contributed by atoms with E-state index in [1.807, 2.05) is 0 Å². The molecule has 0 aromatic heterocycles. The molecule has 15 heavy (non-hydrogen) atoms. The van der Waals surface area contributed by atoms with Crippen molar-refractivity contribution in [3.63, 3.8) is 0 Å². The van der Waals surface area contributed by atoms with E-state index >= 15 is 0 Å². The Hall–Kier alpha value is -1.22. The molecule has 82 valence electrons. The van der Waals surface area contributed by atoms with Gasteiger partial charge in [0.15, 0.2) is 0 Å². The second kappa shape index (κ2) is 5.03. The highest BCUT2D eigenvalue weighted by atomic mass is 16.5. The number of benzene rings is 1. The fourth-order valence-electron chi connectivity index (χ4n) is 1.84. The summed E-state index contributed by atoms with van der Waals surface area (Å²) >= 11 is 0. The van der Waals surface area contributed by atoms with Crippen LogP contribution < -0.4 is 10.2 Å². The lowest BCUT2D eigenvalue weighted by atomic mass is 10.2. The van der Waals surface area contributed by atoms with Crippen molar-refractivity contribution in [3.8, 4) is 0 Å². The Morgan fingerprint density at radius 2 is 2.13 bits per heavy atom. The topological polar surface area (TPSA) is 24.5 Å². The zero-order valence-electron chi connectivity index (χ0n) is 9.20. The van der Waals surface area contributed by atoms with E-state index < -0.39 is 0 Å². The minimum Gasteiger partial charge on any atom is -0.385 e.